The third-order valence-electron chi connectivity index (χ3n) is 5.76. The van der Waals surface area contributed by atoms with Gasteiger partial charge in [-0.25, -0.2) is 12.8 Å². The maximum absolute atomic E-state index is 14.8. The van der Waals surface area contributed by atoms with Gasteiger partial charge in [-0.15, -0.1) is 0 Å². The molecule has 1 atom stereocenters. The smallest absolute Gasteiger partial charge is 0.257 e. The molecule has 0 aliphatic heterocycles. The third kappa shape index (κ3) is 6.46. The monoisotopic (exact) mass is 516 g/mol. The molecule has 0 radical (unpaired) electrons. The van der Waals surface area contributed by atoms with E-state index < -0.39 is 27.5 Å². The van der Waals surface area contributed by atoms with Crippen LogP contribution in [-0.2, 0) is 21.1 Å². The molecule has 184 valence electrons. The van der Waals surface area contributed by atoms with E-state index in [0.717, 1.165) is 11.6 Å². The Hall–Kier alpha value is -3.23. The summed E-state index contributed by atoms with van der Waals surface area (Å²) in [5.74, 6) is -1.66. The van der Waals surface area contributed by atoms with Gasteiger partial charge < -0.3 is 10.2 Å². The van der Waals surface area contributed by atoms with E-state index in [1.165, 1.54) is 29.2 Å². The number of sulfone groups is 1. The van der Waals surface area contributed by atoms with Crippen molar-refractivity contribution in [2.45, 2.75) is 31.2 Å². The Bertz CT molecular complexity index is 1330. The summed E-state index contributed by atoms with van der Waals surface area (Å²) in [6, 6.07) is 16.7. The Labute approximate surface area is 209 Å². The Morgan fingerprint density at radius 3 is 2.23 bits per heavy atom. The lowest BCUT2D eigenvalue weighted by Crippen LogP contribution is -2.30. The summed E-state index contributed by atoms with van der Waals surface area (Å²) in [7, 11) is -1.72. The first kappa shape index (κ1) is 26.4. The van der Waals surface area contributed by atoms with Crippen LogP contribution in [0.15, 0.2) is 71.6 Å². The van der Waals surface area contributed by atoms with Gasteiger partial charge in [0.15, 0.2) is 9.84 Å². The molecule has 2 amide bonds. The number of hydrogen-bond donors (Lipinski definition) is 1. The SMILES string of the molecule is CCS(=O)(=O)c1ccc(CC(=O)Nc2ccc(C(=O)N(C)C(C)c3ccc(Cl)cc3)c(F)c2)cc1. The van der Waals surface area contributed by atoms with Crippen molar-refractivity contribution in [3.05, 3.63) is 94.3 Å². The fraction of sp³-hybridized carbons (Fsp3) is 0.231. The molecule has 0 saturated heterocycles. The van der Waals surface area contributed by atoms with Crippen LogP contribution < -0.4 is 5.32 Å². The maximum atomic E-state index is 14.8. The highest BCUT2D eigenvalue weighted by Crippen LogP contribution is 2.24. The molecule has 0 aliphatic carbocycles. The van der Waals surface area contributed by atoms with Crippen molar-refractivity contribution < 1.29 is 22.4 Å². The predicted octanol–water partition coefficient (Wildman–Crippen LogP) is 5.29. The molecule has 6 nitrogen and oxygen atoms in total. The summed E-state index contributed by atoms with van der Waals surface area (Å²) < 4.78 is 38.6. The first-order chi connectivity index (χ1) is 16.5. The van der Waals surface area contributed by atoms with Crippen molar-refractivity contribution in [2.75, 3.05) is 18.1 Å². The number of halogens is 2. The second kappa shape index (κ2) is 11.0. The Morgan fingerprint density at radius 1 is 1.03 bits per heavy atom. The average Bonchev–Trinajstić information content (AvgIpc) is 2.83. The van der Waals surface area contributed by atoms with E-state index in [1.54, 1.807) is 38.2 Å². The number of anilines is 1. The van der Waals surface area contributed by atoms with Crippen LogP contribution in [0.3, 0.4) is 0 Å². The van der Waals surface area contributed by atoms with Crippen LogP contribution in [0.25, 0.3) is 0 Å². The van der Waals surface area contributed by atoms with E-state index >= 15 is 0 Å². The molecule has 1 unspecified atom stereocenters. The van der Waals surface area contributed by atoms with Crippen molar-refractivity contribution >= 4 is 38.9 Å². The van der Waals surface area contributed by atoms with Crippen molar-refractivity contribution in [1.82, 2.24) is 4.90 Å². The molecule has 3 aromatic carbocycles. The highest BCUT2D eigenvalue weighted by Gasteiger charge is 2.22. The van der Waals surface area contributed by atoms with E-state index in [0.29, 0.717) is 10.6 Å². The Kier molecular flexibility index (Phi) is 8.30. The van der Waals surface area contributed by atoms with Crippen LogP contribution in [0, 0.1) is 5.82 Å². The molecule has 3 rings (SSSR count). The van der Waals surface area contributed by atoms with Crippen LogP contribution in [0.2, 0.25) is 5.02 Å². The largest absolute Gasteiger partial charge is 0.335 e. The quantitative estimate of drug-likeness (QED) is 0.441. The molecule has 0 saturated carbocycles. The van der Waals surface area contributed by atoms with E-state index in [1.807, 2.05) is 19.1 Å². The zero-order chi connectivity index (χ0) is 25.8. The van der Waals surface area contributed by atoms with Gasteiger partial charge in [-0.3, -0.25) is 9.59 Å². The fourth-order valence-electron chi connectivity index (χ4n) is 3.47. The molecular formula is C26H26ClFN2O4S. The normalized spacial score (nSPS) is 12.1. The number of nitrogens with one attached hydrogen (secondary N) is 1. The average molecular weight is 517 g/mol. The summed E-state index contributed by atoms with van der Waals surface area (Å²) in [4.78, 5) is 26.9. The van der Waals surface area contributed by atoms with E-state index in [2.05, 4.69) is 5.32 Å². The number of benzene rings is 3. The van der Waals surface area contributed by atoms with E-state index in [4.69, 9.17) is 11.6 Å². The van der Waals surface area contributed by atoms with Crippen molar-refractivity contribution in [1.29, 1.82) is 0 Å². The first-order valence-electron chi connectivity index (χ1n) is 11.0. The van der Waals surface area contributed by atoms with Crippen LogP contribution in [0.5, 0.6) is 0 Å². The third-order valence-corrected chi connectivity index (χ3v) is 7.77. The summed E-state index contributed by atoms with van der Waals surface area (Å²) in [6.45, 7) is 3.39. The van der Waals surface area contributed by atoms with Crippen LogP contribution in [0.4, 0.5) is 10.1 Å². The molecule has 35 heavy (non-hydrogen) atoms. The molecule has 0 spiro atoms. The number of rotatable bonds is 8. The van der Waals surface area contributed by atoms with Crippen LogP contribution in [-0.4, -0.2) is 37.9 Å². The van der Waals surface area contributed by atoms with Crippen LogP contribution >= 0.6 is 11.6 Å². The summed E-state index contributed by atoms with van der Waals surface area (Å²) in [5.41, 5.74) is 1.57. The highest BCUT2D eigenvalue weighted by molar-refractivity contribution is 7.91. The van der Waals surface area contributed by atoms with Crippen molar-refractivity contribution in [3.8, 4) is 0 Å². The van der Waals surface area contributed by atoms with Crippen LogP contribution in [0.1, 0.15) is 41.4 Å². The highest BCUT2D eigenvalue weighted by atomic mass is 35.5. The predicted molar refractivity (Wildman–Crippen MR) is 135 cm³/mol. The molecule has 0 aromatic heterocycles. The molecule has 0 bridgehead atoms. The lowest BCUT2D eigenvalue weighted by atomic mass is 10.1. The van der Waals surface area contributed by atoms with Crippen molar-refractivity contribution in [3.63, 3.8) is 0 Å². The van der Waals surface area contributed by atoms with Gasteiger partial charge in [0.1, 0.15) is 5.82 Å². The van der Waals surface area contributed by atoms with E-state index in [-0.39, 0.29) is 34.4 Å². The Balaban J connectivity index is 1.65. The van der Waals surface area contributed by atoms with E-state index in [9.17, 15) is 22.4 Å². The number of nitrogens with zero attached hydrogens (tertiary/aromatic N) is 1. The number of carbonyl (C=O) groups is 2. The molecule has 0 fully saturated rings. The lowest BCUT2D eigenvalue weighted by Gasteiger charge is -2.25. The molecule has 1 N–H and O–H groups in total. The van der Waals surface area contributed by atoms with Crippen molar-refractivity contribution in [2.24, 2.45) is 0 Å². The minimum Gasteiger partial charge on any atom is -0.335 e. The number of carbonyl (C=O) groups excluding carboxylic acids is 2. The molecule has 9 heteroatoms. The number of amides is 2. The lowest BCUT2D eigenvalue weighted by molar-refractivity contribution is -0.115. The minimum absolute atomic E-state index is 0.00722. The van der Waals surface area contributed by atoms with Gasteiger partial charge in [0.25, 0.3) is 5.91 Å². The second-order valence-electron chi connectivity index (χ2n) is 8.11. The zero-order valence-electron chi connectivity index (χ0n) is 19.6. The maximum Gasteiger partial charge on any atom is 0.257 e. The topological polar surface area (TPSA) is 83.5 Å². The summed E-state index contributed by atoms with van der Waals surface area (Å²) >= 11 is 5.92. The van der Waals surface area contributed by atoms with Gasteiger partial charge >= 0.3 is 0 Å². The van der Waals surface area contributed by atoms with Gasteiger partial charge in [-0.1, -0.05) is 42.8 Å². The summed E-state index contributed by atoms with van der Waals surface area (Å²) in [5, 5.41) is 3.19. The van der Waals surface area contributed by atoms with Gasteiger partial charge in [0, 0.05) is 17.8 Å². The standard InChI is InChI=1S/C26H26ClFN2O4S/c1-4-35(33,34)22-12-5-18(6-13-22)15-25(31)29-21-11-14-23(24(28)16-21)26(32)30(3)17(2)19-7-9-20(27)10-8-19/h5-14,16-17H,4,15H2,1-3H3,(H,29,31). The molecule has 0 heterocycles. The zero-order valence-corrected chi connectivity index (χ0v) is 21.2. The van der Waals surface area contributed by atoms with Gasteiger partial charge in [-0.2, -0.15) is 0 Å². The van der Waals surface area contributed by atoms with Gasteiger partial charge in [0.05, 0.1) is 28.7 Å². The molecular weight excluding hydrogens is 491 g/mol. The molecule has 3 aromatic rings. The Morgan fingerprint density at radius 2 is 1.66 bits per heavy atom. The molecule has 0 aliphatic rings. The number of hydrogen-bond acceptors (Lipinski definition) is 4. The second-order valence-corrected chi connectivity index (χ2v) is 10.8. The summed E-state index contributed by atoms with van der Waals surface area (Å²) in [6.07, 6.45) is -0.0178. The van der Waals surface area contributed by atoms with Gasteiger partial charge in [-0.05, 0) is 60.5 Å². The first-order valence-corrected chi connectivity index (χ1v) is 13.0. The minimum atomic E-state index is -3.32. The fourth-order valence-corrected chi connectivity index (χ4v) is 4.48. The van der Waals surface area contributed by atoms with Gasteiger partial charge in [0.2, 0.25) is 5.91 Å².